The number of hydrogen-bond acceptors (Lipinski definition) is 0. The molecule has 0 radical (unpaired) electrons. The van der Waals surface area contributed by atoms with Crippen molar-refractivity contribution < 1.29 is 0 Å². The minimum absolute atomic E-state index is 0.941. The number of aromatic nitrogens is 4. The molecule has 0 aliphatic heterocycles. The van der Waals surface area contributed by atoms with Crippen LogP contribution < -0.4 is 0 Å². The number of hydrogen-bond donors (Lipinski definition) is 0. The topological polar surface area (TPSA) is 19.7 Å². The lowest BCUT2D eigenvalue weighted by Gasteiger charge is -2.11. The van der Waals surface area contributed by atoms with Gasteiger partial charge in [0.1, 0.15) is 0 Å². The summed E-state index contributed by atoms with van der Waals surface area (Å²) in [4.78, 5) is 0. The van der Waals surface area contributed by atoms with Gasteiger partial charge in [-0.05, 0) is 62.4 Å². The lowest BCUT2D eigenvalue weighted by molar-refractivity contribution is 0.631. The standard InChI is InChI=1S/C26H20N2.2C14H13N.9C2H6/c1-5-13-23-19(9-1)20-10-2-6-14-24(20)27(23)17-18-28-25-15-7-3-11-21(25)22-12-4-8-16-26(22)28;2*1-2-15-13-9-5-3-7-11(13)12-8-4-6-10-14(12)15;9*1-2/h1-16H,17-18H2;2*3-10H,2H2,1H3;9*1-2H3. The van der Waals surface area contributed by atoms with Gasteiger partial charge in [-0.1, -0.05) is 270 Å². The summed E-state index contributed by atoms with van der Waals surface area (Å²) < 4.78 is 9.66. The molecule has 0 aliphatic rings. The molecule has 12 rings (SSSR count). The Balaban J connectivity index is 0.000000519. The molecular formula is C72H100N4. The SMILES string of the molecule is CC.CC.CC.CC.CC.CC.CC.CC.CC.CCn1c2ccccc2c2ccccc21.CCn1c2ccccc2c2ccccc21.c1ccc2c(c1)c1ccccc1n2CCn1c2ccccc2c2ccccc21. The van der Waals surface area contributed by atoms with Crippen molar-refractivity contribution in [3.63, 3.8) is 0 Å². The summed E-state index contributed by atoms with van der Waals surface area (Å²) in [7, 11) is 0. The van der Waals surface area contributed by atoms with E-state index >= 15 is 0 Å². The Labute approximate surface area is 462 Å². The van der Waals surface area contributed by atoms with Crippen LogP contribution in [0.5, 0.6) is 0 Å². The molecule has 0 saturated heterocycles. The molecule has 4 heteroatoms. The van der Waals surface area contributed by atoms with Crippen molar-refractivity contribution in [3.8, 4) is 0 Å². The molecule has 0 N–H and O–H groups in total. The second kappa shape index (κ2) is 38.5. The van der Waals surface area contributed by atoms with E-state index < -0.39 is 0 Å². The Morgan fingerprint density at radius 2 is 0.303 bits per heavy atom. The maximum absolute atomic E-state index is 2.47. The summed E-state index contributed by atoms with van der Waals surface area (Å²) in [5.74, 6) is 0. The van der Waals surface area contributed by atoms with E-state index in [2.05, 4.69) is 226 Å². The number of nitrogens with zero attached hydrogens (tertiary/aromatic N) is 4. The van der Waals surface area contributed by atoms with Crippen LogP contribution in [0.3, 0.4) is 0 Å². The Morgan fingerprint density at radius 3 is 0.434 bits per heavy atom. The second-order valence-corrected chi connectivity index (χ2v) is 14.9. The van der Waals surface area contributed by atoms with Crippen molar-refractivity contribution in [2.45, 2.75) is 165 Å². The zero-order chi connectivity index (χ0) is 57.0. The van der Waals surface area contributed by atoms with Crippen molar-refractivity contribution in [2.24, 2.45) is 0 Å². The molecule has 0 spiro atoms. The first-order valence-electron chi connectivity index (χ1n) is 29.6. The van der Waals surface area contributed by atoms with Crippen LogP contribution in [0.4, 0.5) is 0 Å². The second-order valence-electron chi connectivity index (χ2n) is 14.9. The van der Waals surface area contributed by atoms with E-state index in [4.69, 9.17) is 0 Å². The summed E-state index contributed by atoms with van der Waals surface area (Å²) in [6, 6.07) is 69.4. The van der Waals surface area contributed by atoms with Crippen molar-refractivity contribution >= 4 is 87.2 Å². The van der Waals surface area contributed by atoms with Gasteiger partial charge in [-0.25, -0.2) is 0 Å². The molecule has 8 aromatic carbocycles. The van der Waals surface area contributed by atoms with Crippen molar-refractivity contribution in [2.75, 3.05) is 0 Å². The van der Waals surface area contributed by atoms with Gasteiger partial charge in [-0.2, -0.15) is 0 Å². The largest absolute Gasteiger partial charge is 0.341 e. The van der Waals surface area contributed by atoms with Crippen LogP contribution in [-0.4, -0.2) is 18.3 Å². The van der Waals surface area contributed by atoms with Gasteiger partial charge in [0.25, 0.3) is 0 Å². The number of aryl methyl sites for hydroxylation is 4. The van der Waals surface area contributed by atoms with Crippen LogP contribution in [0.2, 0.25) is 0 Å². The zero-order valence-corrected chi connectivity index (χ0v) is 51.1. The van der Waals surface area contributed by atoms with Gasteiger partial charge in [-0.3, -0.25) is 0 Å². The zero-order valence-electron chi connectivity index (χ0n) is 51.1. The monoisotopic (exact) mass is 1020 g/mol. The van der Waals surface area contributed by atoms with Crippen LogP contribution in [0.1, 0.15) is 138 Å². The number of rotatable bonds is 5. The highest BCUT2D eigenvalue weighted by Gasteiger charge is 2.13. The summed E-state index contributed by atoms with van der Waals surface area (Å²) in [5, 5.41) is 10.8. The van der Waals surface area contributed by atoms with Crippen molar-refractivity contribution in [1.29, 1.82) is 0 Å². The van der Waals surface area contributed by atoms with E-state index in [0.29, 0.717) is 0 Å². The van der Waals surface area contributed by atoms with Crippen LogP contribution in [0, 0.1) is 0 Å². The maximum Gasteiger partial charge on any atom is 0.0491 e. The van der Waals surface area contributed by atoms with Gasteiger partial charge in [-0.15, -0.1) is 0 Å². The molecule has 0 fully saturated rings. The van der Waals surface area contributed by atoms with Gasteiger partial charge in [0.2, 0.25) is 0 Å². The third-order valence-electron chi connectivity index (χ3n) is 11.9. The van der Waals surface area contributed by atoms with E-state index in [1.807, 2.05) is 125 Å². The van der Waals surface area contributed by atoms with Crippen LogP contribution in [0.25, 0.3) is 87.2 Å². The fourth-order valence-corrected chi connectivity index (χ4v) is 9.38. The minimum Gasteiger partial charge on any atom is -0.341 e. The van der Waals surface area contributed by atoms with E-state index in [1.54, 1.807) is 0 Å². The highest BCUT2D eigenvalue weighted by atomic mass is 15.1. The first-order chi connectivity index (χ1) is 37.7. The molecule has 4 nitrogen and oxygen atoms in total. The molecule has 0 unspecified atom stereocenters. The van der Waals surface area contributed by atoms with Crippen LogP contribution in [0.15, 0.2) is 194 Å². The average molecular weight is 1020 g/mol. The first-order valence-corrected chi connectivity index (χ1v) is 29.6. The minimum atomic E-state index is 0.941. The molecule has 4 heterocycles. The van der Waals surface area contributed by atoms with Crippen molar-refractivity contribution in [1.82, 2.24) is 18.3 Å². The molecule has 0 bridgehead atoms. The van der Waals surface area contributed by atoms with Crippen LogP contribution >= 0.6 is 0 Å². The number of para-hydroxylation sites is 8. The predicted molar refractivity (Wildman–Crippen MR) is 351 cm³/mol. The summed E-state index contributed by atoms with van der Waals surface area (Å²) in [6.07, 6.45) is 0. The maximum atomic E-state index is 2.47. The fraction of sp³-hybridized carbons (Fsp3) is 0.333. The fourth-order valence-electron chi connectivity index (χ4n) is 9.38. The van der Waals surface area contributed by atoms with Gasteiger partial charge >= 0.3 is 0 Å². The molecule has 4 aromatic heterocycles. The van der Waals surface area contributed by atoms with Gasteiger partial charge in [0, 0.05) is 113 Å². The highest BCUT2D eigenvalue weighted by molar-refractivity contribution is 6.10. The van der Waals surface area contributed by atoms with Crippen molar-refractivity contribution in [3.05, 3.63) is 194 Å². The summed E-state index contributed by atoms with van der Waals surface area (Å²) in [5.41, 5.74) is 10.6. The summed E-state index contributed by atoms with van der Waals surface area (Å²) in [6.45, 7) is 44.3. The van der Waals surface area contributed by atoms with E-state index in [-0.39, 0.29) is 0 Å². The smallest absolute Gasteiger partial charge is 0.0491 e. The first kappa shape index (κ1) is 67.0. The Morgan fingerprint density at radius 1 is 0.184 bits per heavy atom. The third-order valence-corrected chi connectivity index (χ3v) is 11.9. The van der Waals surface area contributed by atoms with E-state index in [9.17, 15) is 0 Å². The summed E-state index contributed by atoms with van der Waals surface area (Å²) >= 11 is 0. The Kier molecular flexibility index (Phi) is 33.9. The Hall–Kier alpha value is -7.04. The third kappa shape index (κ3) is 15.3. The predicted octanol–water partition coefficient (Wildman–Crippen LogP) is 23.5. The molecule has 76 heavy (non-hydrogen) atoms. The molecular weight excluding hydrogens is 921 g/mol. The average Bonchev–Trinajstić information content (AvgIpc) is 4.27. The highest BCUT2D eigenvalue weighted by Crippen LogP contribution is 2.33. The van der Waals surface area contributed by atoms with Gasteiger partial charge in [0.05, 0.1) is 0 Å². The number of benzene rings is 8. The molecule has 12 aromatic rings. The molecule has 0 saturated carbocycles. The van der Waals surface area contributed by atoms with Crippen LogP contribution in [-0.2, 0) is 26.2 Å². The quantitative estimate of drug-likeness (QED) is 0.164. The molecule has 408 valence electrons. The lowest BCUT2D eigenvalue weighted by Crippen LogP contribution is -2.07. The number of fused-ring (bicyclic) bond motifs is 12. The van der Waals surface area contributed by atoms with Gasteiger partial charge < -0.3 is 18.3 Å². The Bertz CT molecular complexity index is 2950. The molecule has 0 amide bonds. The van der Waals surface area contributed by atoms with E-state index in [1.165, 1.54) is 87.2 Å². The molecule has 0 aliphatic carbocycles. The normalized spacial score (nSPS) is 9.53. The lowest BCUT2D eigenvalue weighted by atomic mass is 10.2. The molecule has 0 atom stereocenters. The van der Waals surface area contributed by atoms with E-state index in [0.717, 1.165) is 26.2 Å². The van der Waals surface area contributed by atoms with Gasteiger partial charge in [0.15, 0.2) is 0 Å².